The molecule has 18 heavy (non-hydrogen) atoms. The molecular weight excluding hydrogens is 232 g/mol. The number of carbonyl (C=O) groups is 1. The van der Waals surface area contributed by atoms with E-state index in [0.717, 1.165) is 0 Å². The van der Waals surface area contributed by atoms with Crippen LogP contribution >= 0.6 is 0 Å². The maximum Gasteiger partial charge on any atom is 0.256 e. The maximum absolute atomic E-state index is 11.9. The predicted octanol–water partition coefficient (Wildman–Crippen LogP) is 1.68. The standard InChI is InChI=1S/C13H16N2O3/c1-8(2)11(7-14)15-13(17)10-6-9(18-3)4-5-12(10)16/h4-6,8,11,16H,1-3H3,(H,15,17). The topological polar surface area (TPSA) is 82.3 Å². The van der Waals surface area contributed by atoms with Crippen molar-refractivity contribution in [1.29, 1.82) is 5.26 Å². The number of nitriles is 1. The average Bonchev–Trinajstić information content (AvgIpc) is 2.35. The van der Waals surface area contributed by atoms with E-state index in [1.54, 1.807) is 6.07 Å². The lowest BCUT2D eigenvalue weighted by molar-refractivity contribution is 0.0934. The monoisotopic (exact) mass is 248 g/mol. The van der Waals surface area contributed by atoms with Gasteiger partial charge in [-0.05, 0) is 24.1 Å². The summed E-state index contributed by atoms with van der Waals surface area (Å²) in [5.74, 6) is -0.178. The van der Waals surface area contributed by atoms with Gasteiger partial charge in [0.1, 0.15) is 17.5 Å². The first kappa shape index (κ1) is 13.8. The quantitative estimate of drug-likeness (QED) is 0.849. The molecule has 1 unspecified atom stereocenters. The lowest BCUT2D eigenvalue weighted by Gasteiger charge is -2.15. The van der Waals surface area contributed by atoms with E-state index in [-0.39, 0.29) is 17.2 Å². The first-order valence-electron chi connectivity index (χ1n) is 5.57. The molecule has 5 nitrogen and oxygen atoms in total. The van der Waals surface area contributed by atoms with Crippen LogP contribution < -0.4 is 10.1 Å². The van der Waals surface area contributed by atoms with Crippen LogP contribution in [0.4, 0.5) is 0 Å². The summed E-state index contributed by atoms with van der Waals surface area (Å²) in [6.07, 6.45) is 0. The van der Waals surface area contributed by atoms with Crippen molar-refractivity contribution < 1.29 is 14.6 Å². The van der Waals surface area contributed by atoms with Crippen molar-refractivity contribution in [2.75, 3.05) is 7.11 Å². The summed E-state index contributed by atoms with van der Waals surface area (Å²) in [4.78, 5) is 11.9. The van der Waals surface area contributed by atoms with Gasteiger partial charge in [-0.1, -0.05) is 13.8 Å². The Balaban J connectivity index is 2.94. The van der Waals surface area contributed by atoms with E-state index in [0.29, 0.717) is 5.75 Å². The lowest BCUT2D eigenvalue weighted by atomic mass is 10.1. The van der Waals surface area contributed by atoms with Gasteiger partial charge in [0, 0.05) is 0 Å². The molecule has 0 aliphatic rings. The summed E-state index contributed by atoms with van der Waals surface area (Å²) in [5.41, 5.74) is 0.0928. The molecule has 0 heterocycles. The molecule has 1 atom stereocenters. The molecule has 96 valence electrons. The molecule has 0 radical (unpaired) electrons. The molecular formula is C13H16N2O3. The fourth-order valence-corrected chi connectivity index (χ4v) is 1.39. The number of amides is 1. The Labute approximate surface area is 106 Å². The van der Waals surface area contributed by atoms with Gasteiger partial charge in [0.2, 0.25) is 0 Å². The number of rotatable bonds is 4. The molecule has 1 aromatic carbocycles. The van der Waals surface area contributed by atoms with Crippen molar-refractivity contribution in [3.8, 4) is 17.6 Å². The number of methoxy groups -OCH3 is 1. The van der Waals surface area contributed by atoms with E-state index in [4.69, 9.17) is 10.00 Å². The number of aromatic hydroxyl groups is 1. The van der Waals surface area contributed by atoms with Gasteiger partial charge < -0.3 is 15.2 Å². The molecule has 1 aromatic rings. The van der Waals surface area contributed by atoms with Crippen molar-refractivity contribution in [1.82, 2.24) is 5.32 Å². The number of nitrogens with one attached hydrogen (secondary N) is 1. The summed E-state index contributed by atoms with van der Waals surface area (Å²) in [6.45, 7) is 3.67. The molecule has 0 saturated heterocycles. The largest absolute Gasteiger partial charge is 0.507 e. The van der Waals surface area contributed by atoms with E-state index < -0.39 is 11.9 Å². The van der Waals surface area contributed by atoms with Gasteiger partial charge in [0.25, 0.3) is 5.91 Å². The Morgan fingerprint density at radius 1 is 1.50 bits per heavy atom. The number of nitrogens with zero attached hydrogens (tertiary/aromatic N) is 1. The van der Waals surface area contributed by atoms with Crippen LogP contribution in [0.15, 0.2) is 18.2 Å². The highest BCUT2D eigenvalue weighted by molar-refractivity contribution is 5.97. The second-order valence-electron chi connectivity index (χ2n) is 4.21. The molecule has 0 aliphatic carbocycles. The highest BCUT2D eigenvalue weighted by Crippen LogP contribution is 2.22. The molecule has 0 spiro atoms. The van der Waals surface area contributed by atoms with Gasteiger partial charge in [-0.15, -0.1) is 0 Å². The van der Waals surface area contributed by atoms with Gasteiger partial charge in [0.15, 0.2) is 0 Å². The fraction of sp³-hybridized carbons (Fsp3) is 0.385. The zero-order valence-corrected chi connectivity index (χ0v) is 10.6. The van der Waals surface area contributed by atoms with Crippen LogP contribution in [0.2, 0.25) is 0 Å². The summed E-state index contributed by atoms with van der Waals surface area (Å²) in [6, 6.07) is 5.77. The zero-order chi connectivity index (χ0) is 13.7. The van der Waals surface area contributed by atoms with Crippen LogP contribution in [0, 0.1) is 17.2 Å². The normalized spacial score (nSPS) is 11.7. The molecule has 0 fully saturated rings. The molecule has 0 bridgehead atoms. The number of phenolic OH excluding ortho intramolecular Hbond substituents is 1. The van der Waals surface area contributed by atoms with Gasteiger partial charge >= 0.3 is 0 Å². The van der Waals surface area contributed by atoms with Crippen LogP contribution in [0.5, 0.6) is 11.5 Å². The number of carbonyl (C=O) groups excluding carboxylic acids is 1. The number of ether oxygens (including phenoxy) is 1. The molecule has 0 aliphatic heterocycles. The van der Waals surface area contributed by atoms with Gasteiger partial charge in [-0.2, -0.15) is 5.26 Å². The Kier molecular flexibility index (Phi) is 4.55. The Morgan fingerprint density at radius 2 is 2.17 bits per heavy atom. The van der Waals surface area contributed by atoms with Crippen LogP contribution in [0.25, 0.3) is 0 Å². The van der Waals surface area contributed by atoms with Crippen molar-refractivity contribution >= 4 is 5.91 Å². The summed E-state index contributed by atoms with van der Waals surface area (Å²) < 4.78 is 4.98. The third-order valence-corrected chi connectivity index (χ3v) is 2.54. The second-order valence-corrected chi connectivity index (χ2v) is 4.21. The smallest absolute Gasteiger partial charge is 0.256 e. The van der Waals surface area contributed by atoms with Gasteiger partial charge in [-0.3, -0.25) is 4.79 Å². The zero-order valence-electron chi connectivity index (χ0n) is 10.6. The van der Waals surface area contributed by atoms with Gasteiger partial charge in [-0.25, -0.2) is 0 Å². The summed E-state index contributed by atoms with van der Waals surface area (Å²) in [7, 11) is 1.47. The van der Waals surface area contributed by atoms with Crippen molar-refractivity contribution in [2.24, 2.45) is 5.92 Å². The maximum atomic E-state index is 11.9. The number of phenols is 1. The van der Waals surface area contributed by atoms with Crippen molar-refractivity contribution in [3.05, 3.63) is 23.8 Å². The average molecular weight is 248 g/mol. The molecule has 5 heteroatoms. The molecule has 0 aromatic heterocycles. The van der Waals surface area contributed by atoms with E-state index in [1.807, 2.05) is 19.9 Å². The number of benzene rings is 1. The van der Waals surface area contributed by atoms with E-state index in [2.05, 4.69) is 5.32 Å². The van der Waals surface area contributed by atoms with Gasteiger partial charge in [0.05, 0.1) is 18.7 Å². The third-order valence-electron chi connectivity index (χ3n) is 2.54. The minimum atomic E-state index is -0.594. The number of hydrogen-bond acceptors (Lipinski definition) is 4. The summed E-state index contributed by atoms with van der Waals surface area (Å²) in [5, 5.41) is 21.1. The second kappa shape index (κ2) is 5.92. The van der Waals surface area contributed by atoms with Crippen LogP contribution in [0.1, 0.15) is 24.2 Å². The lowest BCUT2D eigenvalue weighted by Crippen LogP contribution is -2.37. The predicted molar refractivity (Wildman–Crippen MR) is 66.4 cm³/mol. The highest BCUT2D eigenvalue weighted by Gasteiger charge is 2.19. The molecule has 1 rings (SSSR count). The highest BCUT2D eigenvalue weighted by atomic mass is 16.5. The van der Waals surface area contributed by atoms with E-state index >= 15 is 0 Å². The Morgan fingerprint density at radius 3 is 2.67 bits per heavy atom. The van der Waals surface area contributed by atoms with Crippen molar-refractivity contribution in [2.45, 2.75) is 19.9 Å². The van der Waals surface area contributed by atoms with Crippen molar-refractivity contribution in [3.63, 3.8) is 0 Å². The van der Waals surface area contributed by atoms with Crippen LogP contribution in [-0.4, -0.2) is 24.2 Å². The Hall–Kier alpha value is -2.22. The summed E-state index contributed by atoms with van der Waals surface area (Å²) >= 11 is 0. The first-order chi connectivity index (χ1) is 8.49. The Bertz CT molecular complexity index is 478. The van der Waals surface area contributed by atoms with Crippen LogP contribution in [-0.2, 0) is 0 Å². The molecule has 1 amide bonds. The first-order valence-corrected chi connectivity index (χ1v) is 5.57. The van der Waals surface area contributed by atoms with E-state index in [9.17, 15) is 9.90 Å². The SMILES string of the molecule is COc1ccc(O)c(C(=O)NC(C#N)C(C)C)c1. The molecule has 0 saturated carbocycles. The fourth-order valence-electron chi connectivity index (χ4n) is 1.39. The molecule has 2 N–H and O–H groups in total. The van der Waals surface area contributed by atoms with Crippen LogP contribution in [0.3, 0.4) is 0 Å². The third kappa shape index (κ3) is 3.14. The number of hydrogen-bond donors (Lipinski definition) is 2. The van der Waals surface area contributed by atoms with E-state index in [1.165, 1.54) is 19.2 Å². The minimum absolute atomic E-state index is 0.00768. The minimum Gasteiger partial charge on any atom is -0.507 e.